The summed E-state index contributed by atoms with van der Waals surface area (Å²) in [4.78, 5) is 9.32. The minimum absolute atomic E-state index is 0. The van der Waals surface area contributed by atoms with Crippen molar-refractivity contribution in [2.45, 2.75) is 26.7 Å². The fraction of sp³-hybridized carbons (Fsp3) is 0.632. The maximum Gasteiger partial charge on any atom is 0.193 e. The van der Waals surface area contributed by atoms with Gasteiger partial charge in [-0.25, -0.2) is 0 Å². The third-order valence-corrected chi connectivity index (χ3v) is 4.77. The van der Waals surface area contributed by atoms with Gasteiger partial charge in [0.05, 0.1) is 0 Å². The van der Waals surface area contributed by atoms with E-state index >= 15 is 0 Å². The van der Waals surface area contributed by atoms with Crippen LogP contribution in [0.15, 0.2) is 35.3 Å². The van der Waals surface area contributed by atoms with E-state index in [1.807, 2.05) is 7.05 Å². The molecule has 0 amide bonds. The van der Waals surface area contributed by atoms with E-state index in [0.29, 0.717) is 0 Å². The first-order valence-corrected chi connectivity index (χ1v) is 8.98. The Labute approximate surface area is 164 Å². The lowest BCUT2D eigenvalue weighted by Crippen LogP contribution is -2.43. The van der Waals surface area contributed by atoms with E-state index in [2.05, 4.69) is 64.3 Å². The third kappa shape index (κ3) is 6.59. The molecule has 1 aromatic carbocycles. The number of nitrogens with one attached hydrogen (secondary N) is 1. The second kappa shape index (κ2) is 11.7. The molecule has 0 radical (unpaired) electrons. The highest BCUT2D eigenvalue weighted by Gasteiger charge is 2.24. The zero-order chi connectivity index (χ0) is 16.5. The highest BCUT2D eigenvalue weighted by molar-refractivity contribution is 14.0. The Morgan fingerprint density at radius 3 is 2.58 bits per heavy atom. The van der Waals surface area contributed by atoms with Crippen molar-refractivity contribution >= 4 is 29.9 Å². The van der Waals surface area contributed by atoms with Gasteiger partial charge in [0.2, 0.25) is 0 Å². The summed E-state index contributed by atoms with van der Waals surface area (Å²) in [6.07, 6.45) is 2.43. The molecule has 1 aromatic rings. The lowest BCUT2D eigenvalue weighted by Gasteiger charge is -2.24. The van der Waals surface area contributed by atoms with Crippen LogP contribution in [0.5, 0.6) is 0 Å². The molecule has 0 saturated carbocycles. The van der Waals surface area contributed by atoms with Crippen LogP contribution in [0.1, 0.15) is 25.8 Å². The Balaban J connectivity index is 0.00000288. The van der Waals surface area contributed by atoms with Crippen LogP contribution in [0.2, 0.25) is 0 Å². The van der Waals surface area contributed by atoms with Gasteiger partial charge in [-0.05, 0) is 37.4 Å². The summed E-state index contributed by atoms with van der Waals surface area (Å²) in [7, 11) is 1.89. The molecule has 5 heteroatoms. The lowest BCUT2D eigenvalue weighted by atomic mass is 9.99. The molecule has 1 aliphatic heterocycles. The van der Waals surface area contributed by atoms with Crippen LogP contribution < -0.4 is 5.32 Å². The molecule has 0 bridgehead atoms. The fourth-order valence-corrected chi connectivity index (χ4v) is 3.34. The number of hydrogen-bond acceptors (Lipinski definition) is 2. The molecule has 0 aromatic heterocycles. The Morgan fingerprint density at radius 2 is 1.96 bits per heavy atom. The van der Waals surface area contributed by atoms with Crippen molar-refractivity contribution in [3.05, 3.63) is 35.9 Å². The molecule has 1 saturated heterocycles. The van der Waals surface area contributed by atoms with Gasteiger partial charge < -0.3 is 15.1 Å². The number of aliphatic imine (C=N–C) groups is 1. The lowest BCUT2D eigenvalue weighted by molar-refractivity contribution is 0.306. The molecule has 136 valence electrons. The second-order valence-electron chi connectivity index (χ2n) is 6.29. The van der Waals surface area contributed by atoms with Crippen molar-refractivity contribution in [1.82, 2.24) is 15.1 Å². The smallest absolute Gasteiger partial charge is 0.193 e. The van der Waals surface area contributed by atoms with Crippen molar-refractivity contribution < 1.29 is 0 Å². The average molecular weight is 444 g/mol. The summed E-state index contributed by atoms with van der Waals surface area (Å²) in [5, 5.41) is 3.53. The van der Waals surface area contributed by atoms with Crippen molar-refractivity contribution in [1.29, 1.82) is 0 Å². The molecule has 0 spiro atoms. The molecular formula is C19H33IN4. The predicted molar refractivity (Wildman–Crippen MR) is 114 cm³/mol. The number of likely N-dealkylation sites (N-methyl/N-ethyl adjacent to an activating group) is 1. The van der Waals surface area contributed by atoms with Crippen LogP contribution in [-0.2, 0) is 6.42 Å². The summed E-state index contributed by atoms with van der Waals surface area (Å²) < 4.78 is 0. The van der Waals surface area contributed by atoms with Crippen LogP contribution in [0, 0.1) is 5.92 Å². The van der Waals surface area contributed by atoms with Crippen molar-refractivity contribution in [3.8, 4) is 0 Å². The first-order valence-electron chi connectivity index (χ1n) is 8.98. The third-order valence-electron chi connectivity index (χ3n) is 4.77. The number of guanidine groups is 1. The van der Waals surface area contributed by atoms with Gasteiger partial charge in [0.25, 0.3) is 0 Å². The summed E-state index contributed by atoms with van der Waals surface area (Å²) >= 11 is 0. The van der Waals surface area contributed by atoms with Crippen LogP contribution in [-0.4, -0.2) is 62.1 Å². The largest absolute Gasteiger partial charge is 0.355 e. The maximum absolute atomic E-state index is 4.47. The molecule has 1 N–H and O–H groups in total. The van der Waals surface area contributed by atoms with E-state index in [4.69, 9.17) is 0 Å². The number of halogens is 1. The van der Waals surface area contributed by atoms with Gasteiger partial charge >= 0.3 is 0 Å². The molecule has 4 nitrogen and oxygen atoms in total. The minimum Gasteiger partial charge on any atom is -0.355 e. The summed E-state index contributed by atoms with van der Waals surface area (Å²) in [6.45, 7) is 10.9. The van der Waals surface area contributed by atoms with Crippen molar-refractivity contribution in [2.75, 3.05) is 46.3 Å². The standard InChI is InChI=1S/C19H32N4.HI/c1-4-22(5-2)14-12-21-19(20-3)23-13-11-18(16-23)15-17-9-7-6-8-10-17;/h6-10,18H,4-5,11-16H2,1-3H3,(H,20,21);1H. The molecule has 24 heavy (non-hydrogen) atoms. The molecule has 1 heterocycles. The predicted octanol–water partition coefficient (Wildman–Crippen LogP) is 3.09. The first-order chi connectivity index (χ1) is 11.3. The number of nitrogens with zero attached hydrogens (tertiary/aromatic N) is 3. The Hall–Kier alpha value is -0.820. The normalized spacial score (nSPS) is 17.9. The van der Waals surface area contributed by atoms with E-state index in [1.54, 1.807) is 0 Å². The first kappa shape index (κ1) is 21.2. The van der Waals surface area contributed by atoms with Crippen molar-refractivity contribution in [2.24, 2.45) is 10.9 Å². The van der Waals surface area contributed by atoms with E-state index in [0.717, 1.165) is 51.1 Å². The van der Waals surface area contributed by atoms with Gasteiger partial charge in [-0.15, -0.1) is 24.0 Å². The fourth-order valence-electron chi connectivity index (χ4n) is 3.34. The van der Waals surface area contributed by atoms with Crippen LogP contribution in [0.25, 0.3) is 0 Å². The van der Waals surface area contributed by atoms with E-state index in [9.17, 15) is 0 Å². The summed E-state index contributed by atoms with van der Waals surface area (Å²) in [5.41, 5.74) is 1.45. The van der Waals surface area contributed by atoms with Gasteiger partial charge in [-0.2, -0.15) is 0 Å². The highest BCUT2D eigenvalue weighted by atomic mass is 127. The van der Waals surface area contributed by atoms with Gasteiger partial charge in [-0.3, -0.25) is 4.99 Å². The molecule has 1 unspecified atom stereocenters. The van der Waals surface area contributed by atoms with E-state index in [-0.39, 0.29) is 24.0 Å². The van der Waals surface area contributed by atoms with E-state index in [1.165, 1.54) is 18.4 Å². The average Bonchev–Trinajstić information content (AvgIpc) is 3.04. The number of rotatable bonds is 7. The Bertz CT molecular complexity index is 474. The molecule has 0 aliphatic carbocycles. The number of benzene rings is 1. The molecular weight excluding hydrogens is 411 g/mol. The molecule has 1 aliphatic rings. The van der Waals surface area contributed by atoms with Crippen LogP contribution in [0.4, 0.5) is 0 Å². The molecule has 1 atom stereocenters. The molecule has 1 fully saturated rings. The SMILES string of the molecule is CCN(CC)CCNC(=NC)N1CCC(Cc2ccccc2)C1.I. The van der Waals surface area contributed by atoms with E-state index < -0.39 is 0 Å². The Kier molecular flexibility index (Phi) is 10.3. The zero-order valence-electron chi connectivity index (χ0n) is 15.4. The van der Waals surface area contributed by atoms with Crippen LogP contribution in [0.3, 0.4) is 0 Å². The molecule has 2 rings (SSSR count). The van der Waals surface area contributed by atoms with Crippen LogP contribution >= 0.6 is 24.0 Å². The second-order valence-corrected chi connectivity index (χ2v) is 6.29. The zero-order valence-corrected chi connectivity index (χ0v) is 17.7. The number of likely N-dealkylation sites (tertiary alicyclic amines) is 1. The topological polar surface area (TPSA) is 30.9 Å². The Morgan fingerprint density at radius 1 is 1.25 bits per heavy atom. The van der Waals surface area contributed by atoms with Gasteiger partial charge in [-0.1, -0.05) is 44.2 Å². The quantitative estimate of drug-likeness (QED) is 0.399. The maximum atomic E-state index is 4.47. The summed E-state index contributed by atoms with van der Waals surface area (Å²) in [5.74, 6) is 1.80. The van der Waals surface area contributed by atoms with Gasteiger partial charge in [0.15, 0.2) is 5.96 Å². The monoisotopic (exact) mass is 444 g/mol. The van der Waals surface area contributed by atoms with Crippen molar-refractivity contribution in [3.63, 3.8) is 0 Å². The van der Waals surface area contributed by atoms with Gasteiger partial charge in [0, 0.05) is 33.2 Å². The van der Waals surface area contributed by atoms with Gasteiger partial charge in [0.1, 0.15) is 0 Å². The minimum atomic E-state index is 0. The highest BCUT2D eigenvalue weighted by Crippen LogP contribution is 2.20. The number of hydrogen-bond donors (Lipinski definition) is 1. The summed E-state index contributed by atoms with van der Waals surface area (Å²) in [6, 6.07) is 10.8.